The Labute approximate surface area is 105 Å². The van der Waals surface area contributed by atoms with E-state index in [0.717, 1.165) is 5.56 Å². The highest BCUT2D eigenvalue weighted by Gasteiger charge is 2.35. The second-order valence-corrected chi connectivity index (χ2v) is 4.47. The third-order valence-electron chi connectivity index (χ3n) is 3.41. The quantitative estimate of drug-likeness (QED) is 0.822. The van der Waals surface area contributed by atoms with Crippen LogP contribution in [0.5, 0.6) is 0 Å². The Morgan fingerprint density at radius 2 is 2.06 bits per heavy atom. The zero-order valence-corrected chi connectivity index (χ0v) is 9.78. The van der Waals surface area contributed by atoms with Crippen LogP contribution < -0.4 is 0 Å². The van der Waals surface area contributed by atoms with Gasteiger partial charge in [0.1, 0.15) is 0 Å². The number of likely N-dealkylation sites (tertiary alicyclic amines) is 1. The summed E-state index contributed by atoms with van der Waals surface area (Å²) >= 11 is 0. The third kappa shape index (κ3) is 2.29. The lowest BCUT2D eigenvalue weighted by Gasteiger charge is -2.15. The maximum atomic E-state index is 10.9. The van der Waals surface area contributed by atoms with Crippen molar-refractivity contribution in [3.8, 4) is 6.07 Å². The number of aliphatic hydroxyl groups excluding tert-OH is 1. The number of aliphatic hydroxyl groups is 1. The minimum atomic E-state index is -0.954. The zero-order chi connectivity index (χ0) is 13.1. The van der Waals surface area contributed by atoms with Crippen molar-refractivity contribution in [1.29, 1.82) is 5.26 Å². The van der Waals surface area contributed by atoms with Gasteiger partial charge in [-0.05, 0) is 17.7 Å². The lowest BCUT2D eigenvalue weighted by atomic mass is 9.89. The lowest BCUT2D eigenvalue weighted by molar-refractivity contribution is 0.150. The summed E-state index contributed by atoms with van der Waals surface area (Å²) in [6.07, 6.45) is -0.954. The minimum Gasteiger partial charge on any atom is -0.465 e. The van der Waals surface area contributed by atoms with Gasteiger partial charge in [-0.15, -0.1) is 0 Å². The summed E-state index contributed by atoms with van der Waals surface area (Å²) in [5.74, 6) is -0.0760. The van der Waals surface area contributed by atoms with E-state index in [2.05, 4.69) is 0 Å². The summed E-state index contributed by atoms with van der Waals surface area (Å²) in [5, 5.41) is 27.0. The molecule has 1 aromatic rings. The number of hydrogen-bond donors (Lipinski definition) is 2. The van der Waals surface area contributed by atoms with Gasteiger partial charge in [-0.2, -0.15) is 5.26 Å². The molecule has 1 heterocycles. The van der Waals surface area contributed by atoms with Crippen molar-refractivity contribution in [1.82, 2.24) is 4.90 Å². The monoisotopic (exact) mass is 246 g/mol. The Hall–Kier alpha value is -2.06. The molecular weight excluding hydrogens is 232 g/mol. The Morgan fingerprint density at radius 1 is 1.39 bits per heavy atom. The molecule has 5 nitrogen and oxygen atoms in total. The van der Waals surface area contributed by atoms with E-state index in [-0.39, 0.29) is 18.4 Å². The van der Waals surface area contributed by atoms with Crippen LogP contribution in [0, 0.1) is 17.2 Å². The van der Waals surface area contributed by atoms with Crippen LogP contribution in [-0.2, 0) is 0 Å². The van der Waals surface area contributed by atoms with Crippen LogP contribution >= 0.6 is 0 Å². The molecule has 0 spiro atoms. The molecule has 0 aromatic heterocycles. The molecule has 1 aliphatic heterocycles. The molecule has 2 rings (SSSR count). The summed E-state index contributed by atoms with van der Waals surface area (Å²) in [6.45, 7) is 0.720. The van der Waals surface area contributed by atoms with E-state index < -0.39 is 6.09 Å². The first-order valence-electron chi connectivity index (χ1n) is 5.74. The van der Waals surface area contributed by atoms with E-state index in [1.165, 1.54) is 4.90 Å². The van der Waals surface area contributed by atoms with Crippen molar-refractivity contribution in [3.05, 3.63) is 35.4 Å². The molecule has 1 amide bonds. The van der Waals surface area contributed by atoms with Gasteiger partial charge in [0.2, 0.25) is 0 Å². The maximum Gasteiger partial charge on any atom is 0.407 e. The summed E-state index contributed by atoms with van der Waals surface area (Å²) < 4.78 is 0. The normalized spacial score (nSPS) is 22.8. The van der Waals surface area contributed by atoms with E-state index >= 15 is 0 Å². The van der Waals surface area contributed by atoms with E-state index in [1.807, 2.05) is 18.2 Å². The van der Waals surface area contributed by atoms with Crippen LogP contribution in [0.1, 0.15) is 17.0 Å². The maximum absolute atomic E-state index is 10.9. The number of amides is 1. The van der Waals surface area contributed by atoms with Crippen molar-refractivity contribution in [2.75, 3.05) is 19.7 Å². The minimum absolute atomic E-state index is 0.00107. The van der Waals surface area contributed by atoms with Gasteiger partial charge in [0, 0.05) is 31.5 Å². The molecular formula is C13H14N2O3. The predicted molar refractivity (Wildman–Crippen MR) is 64.1 cm³/mol. The van der Waals surface area contributed by atoms with E-state index in [9.17, 15) is 9.90 Å². The first-order chi connectivity index (χ1) is 8.65. The lowest BCUT2D eigenvalue weighted by Crippen LogP contribution is -2.27. The van der Waals surface area contributed by atoms with Crippen molar-refractivity contribution in [2.24, 2.45) is 5.92 Å². The second-order valence-electron chi connectivity index (χ2n) is 4.47. The van der Waals surface area contributed by atoms with Crippen LogP contribution in [-0.4, -0.2) is 40.9 Å². The highest BCUT2D eigenvalue weighted by molar-refractivity contribution is 5.65. The summed E-state index contributed by atoms with van der Waals surface area (Å²) in [6, 6.07) is 9.14. The van der Waals surface area contributed by atoms with Gasteiger partial charge in [-0.25, -0.2) is 4.79 Å². The first kappa shape index (κ1) is 12.4. The number of hydrogen-bond acceptors (Lipinski definition) is 3. The van der Waals surface area contributed by atoms with Gasteiger partial charge < -0.3 is 15.1 Å². The first-order valence-corrected chi connectivity index (χ1v) is 5.74. The molecule has 1 fully saturated rings. The van der Waals surface area contributed by atoms with Crippen molar-refractivity contribution in [2.45, 2.75) is 5.92 Å². The Bertz CT molecular complexity index is 478. The summed E-state index contributed by atoms with van der Waals surface area (Å²) in [5.41, 5.74) is 1.55. The highest BCUT2D eigenvalue weighted by atomic mass is 16.4. The molecule has 0 unspecified atom stereocenters. The molecule has 94 valence electrons. The molecule has 0 saturated carbocycles. The average molecular weight is 246 g/mol. The Morgan fingerprint density at radius 3 is 2.56 bits per heavy atom. The SMILES string of the molecule is N#Cc1ccc([C@@H]2CN(C(=O)O)C[C@H]2CO)cc1. The molecule has 2 atom stereocenters. The Balaban J connectivity index is 2.20. The average Bonchev–Trinajstić information content (AvgIpc) is 2.83. The number of rotatable bonds is 2. The summed E-state index contributed by atoms with van der Waals surface area (Å²) in [4.78, 5) is 12.3. The molecule has 0 aliphatic carbocycles. The fourth-order valence-corrected chi connectivity index (χ4v) is 2.39. The van der Waals surface area contributed by atoms with Gasteiger partial charge >= 0.3 is 6.09 Å². The van der Waals surface area contributed by atoms with Crippen LogP contribution in [0.3, 0.4) is 0 Å². The van der Waals surface area contributed by atoms with Crippen LogP contribution in [0.15, 0.2) is 24.3 Å². The highest BCUT2D eigenvalue weighted by Crippen LogP contribution is 2.32. The number of carbonyl (C=O) groups is 1. The molecule has 1 aliphatic rings. The van der Waals surface area contributed by atoms with Gasteiger partial charge in [0.05, 0.1) is 11.6 Å². The fourth-order valence-electron chi connectivity index (χ4n) is 2.39. The van der Waals surface area contributed by atoms with Gasteiger partial charge in [0.15, 0.2) is 0 Å². The molecule has 1 aromatic carbocycles. The molecule has 5 heteroatoms. The number of nitriles is 1. The Kier molecular flexibility index (Phi) is 3.49. The molecule has 0 bridgehead atoms. The van der Waals surface area contributed by atoms with Crippen LogP contribution in [0.25, 0.3) is 0 Å². The summed E-state index contributed by atoms with van der Waals surface area (Å²) in [7, 11) is 0. The van der Waals surface area contributed by atoms with Crippen LogP contribution in [0.4, 0.5) is 4.79 Å². The van der Waals surface area contributed by atoms with Gasteiger partial charge in [-0.1, -0.05) is 12.1 Å². The third-order valence-corrected chi connectivity index (χ3v) is 3.41. The van der Waals surface area contributed by atoms with E-state index in [0.29, 0.717) is 18.7 Å². The number of carboxylic acid groups (broad SMARTS) is 1. The molecule has 1 saturated heterocycles. The number of benzene rings is 1. The smallest absolute Gasteiger partial charge is 0.407 e. The standard InChI is InChI=1S/C13H14N2O3/c14-5-9-1-3-10(4-2-9)12-7-15(13(17)18)6-11(12)8-16/h1-4,11-12,16H,6-8H2,(H,17,18)/t11-,12-/m0/s1. The van der Waals surface area contributed by atoms with Crippen molar-refractivity contribution in [3.63, 3.8) is 0 Å². The largest absolute Gasteiger partial charge is 0.465 e. The van der Waals surface area contributed by atoms with Gasteiger partial charge in [-0.3, -0.25) is 0 Å². The molecule has 2 N–H and O–H groups in total. The topological polar surface area (TPSA) is 84.6 Å². The molecule has 0 radical (unpaired) electrons. The predicted octanol–water partition coefficient (Wildman–Crippen LogP) is 1.24. The number of nitrogens with zero attached hydrogens (tertiary/aromatic N) is 2. The van der Waals surface area contributed by atoms with E-state index in [1.54, 1.807) is 12.1 Å². The van der Waals surface area contributed by atoms with Gasteiger partial charge in [0.25, 0.3) is 0 Å². The fraction of sp³-hybridized carbons (Fsp3) is 0.385. The van der Waals surface area contributed by atoms with Crippen LogP contribution in [0.2, 0.25) is 0 Å². The van der Waals surface area contributed by atoms with Crippen molar-refractivity contribution < 1.29 is 15.0 Å². The molecule has 18 heavy (non-hydrogen) atoms. The second kappa shape index (κ2) is 5.07. The zero-order valence-electron chi connectivity index (χ0n) is 9.78. The van der Waals surface area contributed by atoms with Crippen molar-refractivity contribution >= 4 is 6.09 Å². The van der Waals surface area contributed by atoms with E-state index in [4.69, 9.17) is 10.4 Å².